The Balaban J connectivity index is 1.54. The summed E-state index contributed by atoms with van der Waals surface area (Å²) in [5, 5.41) is 13.7. The SMILES string of the molecule is CCCCCCCC(=O)N[C@@H]1c2cc3c(cc2C(c2cc(C)c(O)c(OC)c2)C2C(=O)OC[C@@H]21)OCO3. The van der Waals surface area contributed by atoms with Crippen molar-refractivity contribution in [1.82, 2.24) is 5.32 Å². The van der Waals surface area contributed by atoms with E-state index in [-0.39, 0.29) is 48.9 Å². The third-order valence-electron chi connectivity index (χ3n) is 7.88. The van der Waals surface area contributed by atoms with Gasteiger partial charge in [-0.2, -0.15) is 0 Å². The summed E-state index contributed by atoms with van der Waals surface area (Å²) >= 11 is 0. The van der Waals surface area contributed by atoms with Crippen LogP contribution in [0.15, 0.2) is 24.3 Å². The average molecular weight is 510 g/mol. The van der Waals surface area contributed by atoms with E-state index in [4.69, 9.17) is 18.9 Å². The van der Waals surface area contributed by atoms with Crippen LogP contribution in [0.25, 0.3) is 0 Å². The number of rotatable bonds is 9. The zero-order valence-corrected chi connectivity index (χ0v) is 21.7. The number of hydrogen-bond acceptors (Lipinski definition) is 7. The lowest BCUT2D eigenvalue weighted by Crippen LogP contribution is -2.42. The molecule has 0 spiro atoms. The predicted octanol–water partition coefficient (Wildman–Crippen LogP) is 4.89. The lowest BCUT2D eigenvalue weighted by atomic mass is 9.65. The third-order valence-corrected chi connectivity index (χ3v) is 7.88. The summed E-state index contributed by atoms with van der Waals surface area (Å²) in [7, 11) is 1.51. The maximum Gasteiger partial charge on any atom is 0.310 e. The summed E-state index contributed by atoms with van der Waals surface area (Å²) in [6.45, 7) is 4.32. The summed E-state index contributed by atoms with van der Waals surface area (Å²) in [5.74, 6) is 0.231. The highest BCUT2D eigenvalue weighted by atomic mass is 16.7. The zero-order chi connectivity index (χ0) is 26.1. The first kappa shape index (κ1) is 25.2. The van der Waals surface area contributed by atoms with E-state index in [1.807, 2.05) is 18.2 Å². The Morgan fingerprint density at radius 1 is 1.05 bits per heavy atom. The van der Waals surface area contributed by atoms with Crippen molar-refractivity contribution in [2.45, 2.75) is 64.3 Å². The molecule has 2 heterocycles. The summed E-state index contributed by atoms with van der Waals surface area (Å²) in [5.41, 5.74) is 3.27. The van der Waals surface area contributed by atoms with Gasteiger partial charge in [0.15, 0.2) is 23.0 Å². The van der Waals surface area contributed by atoms with Crippen LogP contribution in [0.1, 0.15) is 79.7 Å². The summed E-state index contributed by atoms with van der Waals surface area (Å²) in [6, 6.07) is 7.12. The number of ether oxygens (including phenoxy) is 4. The number of carbonyl (C=O) groups excluding carboxylic acids is 2. The van der Waals surface area contributed by atoms with Gasteiger partial charge >= 0.3 is 5.97 Å². The highest BCUT2D eigenvalue weighted by Crippen LogP contribution is 2.55. The molecule has 0 radical (unpaired) electrons. The van der Waals surface area contributed by atoms with Crippen molar-refractivity contribution in [3.63, 3.8) is 0 Å². The van der Waals surface area contributed by atoms with Crippen LogP contribution >= 0.6 is 0 Å². The van der Waals surface area contributed by atoms with E-state index >= 15 is 0 Å². The number of aryl methyl sites for hydroxylation is 1. The van der Waals surface area contributed by atoms with Crippen molar-refractivity contribution in [3.8, 4) is 23.0 Å². The van der Waals surface area contributed by atoms with Gasteiger partial charge in [-0.15, -0.1) is 0 Å². The molecule has 0 saturated carbocycles. The standard InChI is InChI=1S/C29H35NO7/c1-4-5-6-7-8-9-24(31)30-27-19-13-22-21(36-15-37-22)12-18(19)25(26-20(27)14-35-29(26)33)17-10-16(2)28(32)23(11-17)34-3/h10-13,20,25-27,32H,4-9,14-15H2,1-3H3,(H,30,31)/t20-,25?,26?,27+/m0/s1. The van der Waals surface area contributed by atoms with Crippen LogP contribution in [-0.2, 0) is 14.3 Å². The number of carbonyl (C=O) groups is 2. The van der Waals surface area contributed by atoms with Gasteiger partial charge in [0.1, 0.15) is 0 Å². The van der Waals surface area contributed by atoms with Crippen molar-refractivity contribution in [1.29, 1.82) is 0 Å². The van der Waals surface area contributed by atoms with E-state index in [9.17, 15) is 14.7 Å². The predicted molar refractivity (Wildman–Crippen MR) is 136 cm³/mol. The summed E-state index contributed by atoms with van der Waals surface area (Å²) in [4.78, 5) is 26.2. The van der Waals surface area contributed by atoms with Crippen molar-refractivity contribution < 1.29 is 33.6 Å². The molecule has 2 aliphatic heterocycles. The highest BCUT2D eigenvalue weighted by molar-refractivity contribution is 5.81. The molecule has 2 aromatic rings. The van der Waals surface area contributed by atoms with Crippen molar-refractivity contribution in [2.24, 2.45) is 11.8 Å². The fourth-order valence-electron chi connectivity index (χ4n) is 5.99. The third kappa shape index (κ3) is 4.69. The number of methoxy groups -OCH3 is 1. The second-order valence-electron chi connectivity index (χ2n) is 10.2. The smallest absolute Gasteiger partial charge is 0.310 e. The Bertz CT molecular complexity index is 1190. The van der Waals surface area contributed by atoms with E-state index in [0.29, 0.717) is 29.2 Å². The van der Waals surface area contributed by atoms with Crippen LogP contribution in [0.2, 0.25) is 0 Å². The van der Waals surface area contributed by atoms with E-state index in [2.05, 4.69) is 12.2 Å². The molecule has 8 heteroatoms. The fraction of sp³-hybridized carbons (Fsp3) is 0.517. The van der Waals surface area contributed by atoms with Crippen molar-refractivity contribution in [3.05, 3.63) is 46.5 Å². The highest BCUT2D eigenvalue weighted by Gasteiger charge is 2.53. The van der Waals surface area contributed by atoms with E-state index < -0.39 is 5.92 Å². The average Bonchev–Trinajstić information content (AvgIpc) is 3.51. The topological polar surface area (TPSA) is 103 Å². The Morgan fingerprint density at radius 3 is 2.51 bits per heavy atom. The number of esters is 1. The second-order valence-corrected chi connectivity index (χ2v) is 10.2. The molecule has 8 nitrogen and oxygen atoms in total. The van der Waals surface area contributed by atoms with Crippen molar-refractivity contribution >= 4 is 11.9 Å². The normalized spacial score (nSPS) is 23.3. The lowest BCUT2D eigenvalue weighted by Gasteiger charge is -2.39. The molecule has 4 atom stereocenters. The second kappa shape index (κ2) is 10.5. The molecule has 5 rings (SSSR count). The number of phenolic OH excluding ortho intramolecular Hbond substituents is 1. The van der Waals surface area contributed by atoms with Gasteiger partial charge in [-0.1, -0.05) is 38.7 Å². The van der Waals surface area contributed by atoms with Crippen LogP contribution in [-0.4, -0.2) is 37.5 Å². The Morgan fingerprint density at radius 2 is 1.78 bits per heavy atom. The fourth-order valence-corrected chi connectivity index (χ4v) is 5.99. The molecule has 0 aromatic heterocycles. The van der Waals surface area contributed by atoms with Crippen LogP contribution in [0.4, 0.5) is 0 Å². The van der Waals surface area contributed by atoms with E-state index in [1.165, 1.54) is 13.5 Å². The first-order valence-electron chi connectivity index (χ1n) is 13.2. The molecule has 1 aliphatic carbocycles. The molecule has 198 valence electrons. The molecule has 1 saturated heterocycles. The molecule has 2 N–H and O–H groups in total. The number of phenols is 1. The first-order valence-corrected chi connectivity index (χ1v) is 13.2. The zero-order valence-electron chi connectivity index (χ0n) is 21.7. The molecular formula is C29H35NO7. The largest absolute Gasteiger partial charge is 0.504 e. The molecule has 0 bridgehead atoms. The van der Waals surface area contributed by atoms with Gasteiger partial charge in [0, 0.05) is 18.3 Å². The van der Waals surface area contributed by atoms with Crippen molar-refractivity contribution in [2.75, 3.05) is 20.5 Å². The number of fused-ring (bicyclic) bond motifs is 3. The molecule has 2 aromatic carbocycles. The number of nitrogens with one attached hydrogen (secondary N) is 1. The maximum atomic E-state index is 13.2. The van der Waals surface area contributed by atoms with Crippen LogP contribution < -0.4 is 19.5 Å². The minimum absolute atomic E-state index is 0.0242. The Labute approximate surface area is 217 Å². The van der Waals surface area contributed by atoms with Gasteiger partial charge < -0.3 is 29.4 Å². The number of benzene rings is 2. The first-order chi connectivity index (χ1) is 17.9. The molecule has 3 aliphatic rings. The maximum absolute atomic E-state index is 13.2. The Kier molecular flexibility index (Phi) is 7.17. The van der Waals surface area contributed by atoms with Gasteiger partial charge in [-0.05, 0) is 53.8 Å². The summed E-state index contributed by atoms with van der Waals surface area (Å²) < 4.78 is 22.4. The van der Waals surface area contributed by atoms with Gasteiger partial charge in [-0.3, -0.25) is 9.59 Å². The van der Waals surface area contributed by atoms with Gasteiger partial charge in [0.2, 0.25) is 12.7 Å². The molecular weight excluding hydrogens is 474 g/mol. The lowest BCUT2D eigenvalue weighted by molar-refractivity contribution is -0.141. The molecule has 1 fully saturated rings. The van der Waals surface area contributed by atoms with Gasteiger partial charge in [-0.25, -0.2) is 0 Å². The van der Waals surface area contributed by atoms with Crippen LogP contribution in [0.3, 0.4) is 0 Å². The number of unbranched alkanes of at least 4 members (excludes halogenated alkanes) is 4. The number of amides is 1. The van der Waals surface area contributed by atoms with E-state index in [1.54, 1.807) is 13.0 Å². The molecule has 1 amide bonds. The minimum Gasteiger partial charge on any atom is -0.504 e. The minimum atomic E-state index is -0.503. The number of aromatic hydroxyl groups is 1. The number of hydrogen-bond donors (Lipinski definition) is 2. The van der Waals surface area contributed by atoms with Crippen LogP contribution in [0.5, 0.6) is 23.0 Å². The Hall–Kier alpha value is -3.42. The number of cyclic esters (lactones) is 1. The quantitative estimate of drug-likeness (QED) is 0.366. The molecule has 37 heavy (non-hydrogen) atoms. The van der Waals surface area contributed by atoms with E-state index in [0.717, 1.165) is 42.4 Å². The van der Waals surface area contributed by atoms with Crippen LogP contribution in [0, 0.1) is 18.8 Å². The monoisotopic (exact) mass is 509 g/mol. The summed E-state index contributed by atoms with van der Waals surface area (Å²) in [6.07, 6.45) is 5.78. The van der Waals surface area contributed by atoms with Gasteiger partial charge in [0.05, 0.1) is 25.7 Å². The molecule has 2 unspecified atom stereocenters. The van der Waals surface area contributed by atoms with Gasteiger partial charge in [0.25, 0.3) is 0 Å².